The topological polar surface area (TPSA) is 70.5 Å². The average molecular weight is 287 g/mol. The van der Waals surface area contributed by atoms with Crippen LogP contribution in [0.15, 0.2) is 6.20 Å². The predicted molar refractivity (Wildman–Crippen MR) is 65.5 cm³/mol. The molecule has 0 aromatic carbocycles. The zero-order chi connectivity index (χ0) is 12.9. The minimum absolute atomic E-state index is 0.0632. The van der Waals surface area contributed by atoms with Crippen LogP contribution in [0.25, 0.3) is 0 Å². The van der Waals surface area contributed by atoms with Gasteiger partial charge >= 0.3 is 5.97 Å². The molecule has 1 aliphatic carbocycles. The van der Waals surface area contributed by atoms with Gasteiger partial charge in [0.1, 0.15) is 9.34 Å². The number of carbonyl (C=O) groups excluding carboxylic acids is 1. The van der Waals surface area contributed by atoms with E-state index in [0.29, 0.717) is 9.34 Å². The highest BCUT2D eigenvalue weighted by molar-refractivity contribution is 7.15. The van der Waals surface area contributed by atoms with Gasteiger partial charge in [0, 0.05) is 12.5 Å². The Morgan fingerprint density at radius 2 is 2.28 bits per heavy atom. The summed E-state index contributed by atoms with van der Waals surface area (Å²) in [7, 11) is 0. The van der Waals surface area contributed by atoms with Gasteiger partial charge in [0.05, 0.1) is 18.2 Å². The Morgan fingerprint density at radius 3 is 2.78 bits per heavy atom. The third kappa shape index (κ3) is 1.89. The molecule has 1 saturated heterocycles. The maximum Gasteiger partial charge on any atom is 0.309 e. The van der Waals surface area contributed by atoms with Crippen LogP contribution in [0.5, 0.6) is 0 Å². The lowest BCUT2D eigenvalue weighted by atomic mass is 10.0. The fourth-order valence-corrected chi connectivity index (χ4v) is 3.55. The lowest BCUT2D eigenvalue weighted by Crippen LogP contribution is -2.32. The number of carboxylic acid groups (broad SMARTS) is 1. The zero-order valence-electron chi connectivity index (χ0n) is 9.38. The van der Waals surface area contributed by atoms with Gasteiger partial charge in [0.15, 0.2) is 0 Å². The monoisotopic (exact) mass is 286 g/mol. The first-order chi connectivity index (χ1) is 8.58. The van der Waals surface area contributed by atoms with E-state index in [-0.39, 0.29) is 18.4 Å². The van der Waals surface area contributed by atoms with Crippen LogP contribution in [-0.2, 0) is 9.59 Å². The average Bonchev–Trinajstić information content (AvgIpc) is 2.95. The molecule has 7 heteroatoms. The largest absolute Gasteiger partial charge is 0.481 e. The van der Waals surface area contributed by atoms with Crippen LogP contribution in [0, 0.1) is 5.92 Å². The van der Waals surface area contributed by atoms with Gasteiger partial charge in [-0.15, -0.1) is 11.3 Å². The Hall–Kier alpha value is -1.14. The highest BCUT2D eigenvalue weighted by Crippen LogP contribution is 2.46. The Labute approximate surface area is 112 Å². The summed E-state index contributed by atoms with van der Waals surface area (Å²) in [5, 5.41) is 9.88. The molecule has 2 fully saturated rings. The van der Waals surface area contributed by atoms with Crippen LogP contribution >= 0.6 is 22.9 Å². The normalized spacial score (nSPS) is 27.8. The van der Waals surface area contributed by atoms with Crippen LogP contribution in [0.1, 0.15) is 30.3 Å². The Bertz CT molecular complexity index is 514. The molecular formula is C11H11ClN2O3S. The first kappa shape index (κ1) is 11.9. The van der Waals surface area contributed by atoms with Crippen molar-refractivity contribution in [2.75, 3.05) is 0 Å². The molecule has 96 valence electrons. The fraction of sp³-hybridized carbons (Fsp3) is 0.545. The van der Waals surface area contributed by atoms with E-state index in [0.717, 1.165) is 12.8 Å². The smallest absolute Gasteiger partial charge is 0.309 e. The van der Waals surface area contributed by atoms with E-state index in [9.17, 15) is 14.7 Å². The molecular weight excluding hydrogens is 276 g/mol. The van der Waals surface area contributed by atoms with Crippen molar-refractivity contribution in [1.82, 2.24) is 9.88 Å². The number of amides is 1. The molecule has 1 aromatic rings. The van der Waals surface area contributed by atoms with Crippen molar-refractivity contribution < 1.29 is 14.7 Å². The summed E-state index contributed by atoms with van der Waals surface area (Å²) in [4.78, 5) is 29.1. The minimum Gasteiger partial charge on any atom is -0.481 e. The fourth-order valence-electron chi connectivity index (χ4n) is 2.45. The maximum atomic E-state index is 12.0. The Kier molecular flexibility index (Phi) is 2.79. The number of carbonyl (C=O) groups is 2. The predicted octanol–water partition coefficient (Wildman–Crippen LogP) is 1.93. The van der Waals surface area contributed by atoms with Gasteiger partial charge in [-0.25, -0.2) is 4.98 Å². The molecule has 5 nitrogen and oxygen atoms in total. The van der Waals surface area contributed by atoms with E-state index >= 15 is 0 Å². The number of aliphatic carboxylic acids is 1. The van der Waals surface area contributed by atoms with Crippen molar-refractivity contribution in [1.29, 1.82) is 0 Å². The molecule has 2 aliphatic rings. The van der Waals surface area contributed by atoms with E-state index in [2.05, 4.69) is 4.98 Å². The van der Waals surface area contributed by atoms with Crippen molar-refractivity contribution >= 4 is 34.8 Å². The second kappa shape index (κ2) is 4.20. The van der Waals surface area contributed by atoms with Gasteiger partial charge in [0.2, 0.25) is 5.91 Å². The van der Waals surface area contributed by atoms with Crippen molar-refractivity contribution in [2.24, 2.45) is 5.92 Å². The molecule has 18 heavy (non-hydrogen) atoms. The minimum atomic E-state index is -0.942. The molecule has 2 heterocycles. The van der Waals surface area contributed by atoms with Gasteiger partial charge in [-0.05, 0) is 12.8 Å². The molecule has 1 amide bonds. The molecule has 1 N–H and O–H groups in total. The molecule has 0 radical (unpaired) electrons. The van der Waals surface area contributed by atoms with Crippen LogP contribution in [0.4, 0.5) is 0 Å². The number of hydrogen-bond donors (Lipinski definition) is 1. The summed E-state index contributed by atoms with van der Waals surface area (Å²) in [5.41, 5.74) is 0. The lowest BCUT2D eigenvalue weighted by molar-refractivity contribution is -0.142. The molecule has 0 bridgehead atoms. The van der Waals surface area contributed by atoms with Gasteiger partial charge in [-0.1, -0.05) is 11.6 Å². The van der Waals surface area contributed by atoms with Crippen molar-refractivity contribution in [3.05, 3.63) is 15.5 Å². The maximum absolute atomic E-state index is 12.0. The standard InChI is InChI=1S/C11H11ClN2O3S/c12-7-4-13-10(18-7)9-6(11(16)17)3-8(15)14(9)5-1-2-5/h4-6,9H,1-3H2,(H,16,17). The van der Waals surface area contributed by atoms with E-state index in [1.165, 1.54) is 17.5 Å². The summed E-state index contributed by atoms with van der Waals surface area (Å²) in [6.07, 6.45) is 3.48. The number of carboxylic acids is 1. The second-order valence-corrected chi connectivity index (χ2v) is 6.32. The summed E-state index contributed by atoms with van der Waals surface area (Å²) in [6, 6.07) is -0.255. The van der Waals surface area contributed by atoms with E-state index in [1.54, 1.807) is 4.90 Å². The second-order valence-electron chi connectivity index (χ2n) is 4.63. The lowest BCUT2D eigenvalue weighted by Gasteiger charge is -2.24. The first-order valence-electron chi connectivity index (χ1n) is 5.73. The number of rotatable bonds is 3. The van der Waals surface area contributed by atoms with Gasteiger partial charge < -0.3 is 10.0 Å². The molecule has 3 rings (SSSR count). The van der Waals surface area contributed by atoms with E-state index in [4.69, 9.17) is 11.6 Å². The van der Waals surface area contributed by atoms with E-state index < -0.39 is 17.9 Å². The number of halogens is 1. The number of aromatic nitrogens is 1. The van der Waals surface area contributed by atoms with Crippen molar-refractivity contribution in [3.8, 4) is 0 Å². The van der Waals surface area contributed by atoms with Crippen LogP contribution in [-0.4, -0.2) is 32.9 Å². The van der Waals surface area contributed by atoms with Crippen molar-refractivity contribution in [2.45, 2.75) is 31.3 Å². The molecule has 1 saturated carbocycles. The van der Waals surface area contributed by atoms with Crippen LogP contribution in [0.3, 0.4) is 0 Å². The first-order valence-corrected chi connectivity index (χ1v) is 6.92. The van der Waals surface area contributed by atoms with E-state index in [1.807, 2.05) is 0 Å². The summed E-state index contributed by atoms with van der Waals surface area (Å²) in [5.74, 6) is -1.73. The third-order valence-corrected chi connectivity index (χ3v) is 4.55. The summed E-state index contributed by atoms with van der Waals surface area (Å²) < 4.78 is 0.518. The quantitative estimate of drug-likeness (QED) is 0.922. The molecule has 1 aromatic heterocycles. The van der Waals surface area contributed by atoms with Crippen LogP contribution < -0.4 is 0 Å². The van der Waals surface area contributed by atoms with Crippen LogP contribution in [0.2, 0.25) is 4.34 Å². The molecule has 0 spiro atoms. The van der Waals surface area contributed by atoms with Gasteiger partial charge in [-0.2, -0.15) is 0 Å². The third-order valence-electron chi connectivity index (χ3n) is 3.37. The highest BCUT2D eigenvalue weighted by atomic mass is 35.5. The molecule has 1 aliphatic heterocycles. The SMILES string of the molecule is O=C(O)C1CC(=O)N(C2CC2)C1c1ncc(Cl)s1. The number of thiazole rings is 1. The molecule has 2 atom stereocenters. The molecule has 2 unspecified atom stereocenters. The summed E-state index contributed by atoms with van der Waals surface area (Å²) in [6.45, 7) is 0. The number of hydrogen-bond acceptors (Lipinski definition) is 4. The Balaban J connectivity index is 1.98. The highest BCUT2D eigenvalue weighted by Gasteiger charge is 2.51. The van der Waals surface area contributed by atoms with Gasteiger partial charge in [0.25, 0.3) is 0 Å². The number of nitrogens with zero attached hydrogens (tertiary/aromatic N) is 2. The number of likely N-dealkylation sites (tertiary alicyclic amines) is 1. The summed E-state index contributed by atoms with van der Waals surface area (Å²) >= 11 is 7.10. The zero-order valence-corrected chi connectivity index (χ0v) is 10.9. The van der Waals surface area contributed by atoms with Crippen molar-refractivity contribution in [3.63, 3.8) is 0 Å². The Morgan fingerprint density at radius 1 is 1.56 bits per heavy atom. The van der Waals surface area contributed by atoms with Gasteiger partial charge in [-0.3, -0.25) is 9.59 Å².